The van der Waals surface area contributed by atoms with Crippen LogP contribution in [0.3, 0.4) is 0 Å². The maximum absolute atomic E-state index is 14.0. The molecule has 3 aliphatic carbocycles. The van der Waals surface area contributed by atoms with E-state index in [0.717, 1.165) is 50.5 Å². The molecule has 1 aromatic rings. The summed E-state index contributed by atoms with van der Waals surface area (Å²) in [5, 5.41) is 12.5. The normalized spacial score (nSPS) is 25.7. The van der Waals surface area contributed by atoms with E-state index in [1.807, 2.05) is 25.7 Å². The SMILES string of the molecule is CC(CC1CCCCC1)C(=O)N1CCC(O)(Cn2cc(C(=O)N3CCN(C(=O)OC(C)(C)C)CC3)c(C3CC3)cc2=O)C2(CCCC2)C1. The first kappa shape index (κ1) is 35.0. The number of hydrogen-bond acceptors (Lipinski definition) is 6. The van der Waals surface area contributed by atoms with Crippen LogP contribution in [0.2, 0.25) is 0 Å². The van der Waals surface area contributed by atoms with Crippen LogP contribution in [0, 0.1) is 17.3 Å². The second-order valence-corrected chi connectivity index (χ2v) is 16.8. The van der Waals surface area contributed by atoms with E-state index in [2.05, 4.69) is 6.92 Å². The molecule has 0 aromatic carbocycles. The Morgan fingerprint density at radius 3 is 2.17 bits per heavy atom. The van der Waals surface area contributed by atoms with E-state index in [-0.39, 0.29) is 41.8 Å². The molecule has 2 saturated heterocycles. The molecule has 0 bridgehead atoms. The molecule has 0 radical (unpaired) electrons. The third kappa shape index (κ3) is 7.48. The van der Waals surface area contributed by atoms with E-state index in [1.165, 1.54) is 32.1 Å². The number of nitrogens with zero attached hydrogens (tertiary/aromatic N) is 4. The zero-order valence-corrected chi connectivity index (χ0v) is 29.8. The van der Waals surface area contributed by atoms with Crippen molar-refractivity contribution in [3.8, 4) is 0 Å². The molecular weight excluding hydrogens is 608 g/mol. The van der Waals surface area contributed by atoms with E-state index in [1.54, 1.807) is 26.6 Å². The molecule has 2 aliphatic heterocycles. The van der Waals surface area contributed by atoms with Gasteiger partial charge < -0.3 is 29.1 Å². The van der Waals surface area contributed by atoms with Crippen LogP contribution in [0.1, 0.15) is 133 Å². The van der Waals surface area contributed by atoms with Crippen molar-refractivity contribution in [3.05, 3.63) is 33.7 Å². The van der Waals surface area contributed by atoms with Gasteiger partial charge in [0.25, 0.3) is 11.5 Å². The third-order valence-electron chi connectivity index (χ3n) is 12.0. The Bertz CT molecular complexity index is 1410. The van der Waals surface area contributed by atoms with E-state index in [9.17, 15) is 24.3 Å². The Morgan fingerprint density at radius 1 is 0.896 bits per heavy atom. The van der Waals surface area contributed by atoms with E-state index in [4.69, 9.17) is 4.74 Å². The van der Waals surface area contributed by atoms with Gasteiger partial charge in [0, 0.05) is 62.9 Å². The van der Waals surface area contributed by atoms with E-state index in [0.29, 0.717) is 57.2 Å². The molecule has 266 valence electrons. The Balaban J connectivity index is 1.17. The highest BCUT2D eigenvalue weighted by Gasteiger charge is 2.56. The lowest BCUT2D eigenvalue weighted by atomic mass is 9.65. The maximum Gasteiger partial charge on any atom is 0.410 e. The smallest absolute Gasteiger partial charge is 0.410 e. The van der Waals surface area contributed by atoms with Gasteiger partial charge in [0.05, 0.1) is 17.7 Å². The molecule has 1 aromatic heterocycles. The van der Waals surface area contributed by atoms with Gasteiger partial charge in [-0.25, -0.2) is 4.79 Å². The highest BCUT2D eigenvalue weighted by molar-refractivity contribution is 5.96. The second-order valence-electron chi connectivity index (χ2n) is 16.8. The number of amides is 3. The lowest BCUT2D eigenvalue weighted by Crippen LogP contribution is -2.62. The summed E-state index contributed by atoms with van der Waals surface area (Å²) < 4.78 is 7.10. The number of aromatic nitrogens is 1. The minimum atomic E-state index is -1.16. The van der Waals surface area contributed by atoms with Crippen molar-refractivity contribution in [2.45, 2.75) is 135 Å². The molecule has 3 heterocycles. The van der Waals surface area contributed by atoms with Crippen molar-refractivity contribution in [2.75, 3.05) is 39.3 Å². The van der Waals surface area contributed by atoms with Gasteiger partial charge >= 0.3 is 6.09 Å². The van der Waals surface area contributed by atoms with Crippen molar-refractivity contribution in [3.63, 3.8) is 0 Å². The van der Waals surface area contributed by atoms with Crippen LogP contribution in [0.15, 0.2) is 17.1 Å². The Kier molecular flexibility index (Phi) is 10.0. The number of aliphatic hydroxyl groups is 1. The summed E-state index contributed by atoms with van der Waals surface area (Å²) >= 11 is 0. The lowest BCUT2D eigenvalue weighted by molar-refractivity contribution is -0.163. The highest BCUT2D eigenvalue weighted by Crippen LogP contribution is 2.52. The fraction of sp³-hybridized carbons (Fsp3) is 0.789. The maximum atomic E-state index is 14.0. The van der Waals surface area contributed by atoms with Crippen LogP contribution in [0.4, 0.5) is 4.79 Å². The molecule has 5 fully saturated rings. The van der Waals surface area contributed by atoms with Crippen LogP contribution < -0.4 is 5.56 Å². The molecule has 1 spiro atoms. The first-order chi connectivity index (χ1) is 22.8. The Hall–Kier alpha value is -2.88. The summed E-state index contributed by atoms with van der Waals surface area (Å²) in [7, 11) is 0. The number of carbonyl (C=O) groups excluding carboxylic acids is 3. The first-order valence-corrected chi connectivity index (χ1v) is 18.8. The molecule has 48 heavy (non-hydrogen) atoms. The van der Waals surface area contributed by atoms with Crippen LogP contribution in [-0.4, -0.2) is 92.8 Å². The molecule has 1 N–H and O–H groups in total. The quantitative estimate of drug-likeness (QED) is 0.409. The molecular formula is C38H58N4O6. The number of pyridine rings is 1. The molecule has 6 rings (SSSR count). The minimum absolute atomic E-state index is 0.0186. The summed E-state index contributed by atoms with van der Waals surface area (Å²) in [6, 6.07) is 1.62. The van der Waals surface area contributed by atoms with Crippen molar-refractivity contribution < 1.29 is 24.2 Å². The van der Waals surface area contributed by atoms with Crippen molar-refractivity contribution in [1.29, 1.82) is 0 Å². The van der Waals surface area contributed by atoms with Gasteiger partial charge in [-0.05, 0) is 76.7 Å². The third-order valence-corrected chi connectivity index (χ3v) is 12.0. The predicted octanol–water partition coefficient (Wildman–Crippen LogP) is 5.55. The number of carbonyl (C=O) groups is 3. The largest absolute Gasteiger partial charge is 0.444 e. The van der Waals surface area contributed by atoms with Crippen LogP contribution >= 0.6 is 0 Å². The molecule has 2 unspecified atom stereocenters. The topological polar surface area (TPSA) is 112 Å². The number of piperazine rings is 1. The van der Waals surface area contributed by atoms with Crippen molar-refractivity contribution in [2.24, 2.45) is 17.3 Å². The average molecular weight is 667 g/mol. The second kappa shape index (κ2) is 13.8. The summed E-state index contributed by atoms with van der Waals surface area (Å²) in [5.74, 6) is 0.887. The highest BCUT2D eigenvalue weighted by atomic mass is 16.6. The van der Waals surface area contributed by atoms with Crippen LogP contribution in [0.25, 0.3) is 0 Å². The van der Waals surface area contributed by atoms with Gasteiger partial charge in [0.15, 0.2) is 0 Å². The Morgan fingerprint density at radius 2 is 1.54 bits per heavy atom. The lowest BCUT2D eigenvalue weighted by Gasteiger charge is -2.53. The van der Waals surface area contributed by atoms with Crippen molar-refractivity contribution in [1.82, 2.24) is 19.3 Å². The van der Waals surface area contributed by atoms with Gasteiger partial charge in [0.1, 0.15) is 5.60 Å². The number of hydrogen-bond donors (Lipinski definition) is 1. The first-order valence-electron chi connectivity index (χ1n) is 18.8. The average Bonchev–Trinajstić information content (AvgIpc) is 3.79. The Labute approximate surface area is 286 Å². The molecule has 10 nitrogen and oxygen atoms in total. The van der Waals surface area contributed by atoms with E-state index >= 15 is 0 Å². The molecule has 5 aliphatic rings. The summed E-state index contributed by atoms with van der Waals surface area (Å²) in [6.07, 6.45) is 14.5. The zero-order valence-electron chi connectivity index (χ0n) is 29.8. The van der Waals surface area contributed by atoms with Crippen LogP contribution in [-0.2, 0) is 16.1 Å². The molecule has 10 heteroatoms. The number of likely N-dealkylation sites (tertiary alicyclic amines) is 1. The molecule has 3 amide bonds. The molecule has 3 saturated carbocycles. The van der Waals surface area contributed by atoms with Crippen LogP contribution in [0.5, 0.6) is 0 Å². The van der Waals surface area contributed by atoms with Gasteiger partial charge in [-0.3, -0.25) is 14.4 Å². The van der Waals surface area contributed by atoms with Gasteiger partial charge in [0.2, 0.25) is 5.91 Å². The number of rotatable bonds is 7. The monoisotopic (exact) mass is 666 g/mol. The minimum Gasteiger partial charge on any atom is -0.444 e. The fourth-order valence-electron chi connectivity index (χ4n) is 9.11. The summed E-state index contributed by atoms with van der Waals surface area (Å²) in [4.78, 5) is 59.4. The van der Waals surface area contributed by atoms with Gasteiger partial charge in [-0.1, -0.05) is 51.9 Å². The van der Waals surface area contributed by atoms with Gasteiger partial charge in [-0.2, -0.15) is 0 Å². The summed E-state index contributed by atoms with van der Waals surface area (Å²) in [5.41, 5.74) is -1.08. The fourth-order valence-corrected chi connectivity index (χ4v) is 9.11. The van der Waals surface area contributed by atoms with Crippen molar-refractivity contribution >= 4 is 17.9 Å². The molecule has 2 atom stereocenters. The van der Waals surface area contributed by atoms with E-state index < -0.39 is 16.6 Å². The number of ether oxygens (including phenoxy) is 1. The number of piperidine rings is 1. The summed E-state index contributed by atoms with van der Waals surface area (Å²) in [6.45, 7) is 10.3. The zero-order chi connectivity index (χ0) is 34.3. The standard InChI is InChI=1S/C38H58N4O6/c1-27(22-28-10-6-5-7-11-28)33(44)41-17-16-38(47,37(25-41)14-8-9-15-37)26-42-24-31(30(23-32(42)43)29-12-13-29)34(45)39-18-20-40(21-19-39)35(46)48-36(2,3)4/h23-24,27-29,47H,5-22,25-26H2,1-4H3. The van der Waals surface area contributed by atoms with Gasteiger partial charge in [-0.15, -0.1) is 0 Å². The predicted molar refractivity (Wildman–Crippen MR) is 184 cm³/mol.